The number of nitrogens with zero attached hydrogens (tertiary/aromatic N) is 2. The van der Waals surface area contributed by atoms with Gasteiger partial charge in [-0.25, -0.2) is 0 Å². The van der Waals surface area contributed by atoms with Gasteiger partial charge in [0.1, 0.15) is 18.5 Å². The standard InChI is InChI=1S/C22H28N4O5S/c1-11-7-17(32-18(11)9-24-4)22-25-21(26-31-22)14-5-12(2)19(13(3)6-14)30-10-15(27)8-16(28)20(23)29/h5-7,15-16,24,27-28H,8-10H2,1-4H3,(H2,23,29)/t15-,16?/m0/s1. The van der Waals surface area contributed by atoms with Gasteiger partial charge < -0.3 is 30.5 Å². The summed E-state index contributed by atoms with van der Waals surface area (Å²) in [5, 5.41) is 26.7. The van der Waals surface area contributed by atoms with Crippen molar-refractivity contribution >= 4 is 17.2 Å². The maximum Gasteiger partial charge on any atom is 0.268 e. The Kier molecular flexibility index (Phi) is 7.62. The second-order valence-electron chi connectivity index (χ2n) is 7.73. The third-order valence-corrected chi connectivity index (χ3v) is 6.18. The highest BCUT2D eigenvalue weighted by molar-refractivity contribution is 7.15. The van der Waals surface area contributed by atoms with E-state index in [0.717, 1.165) is 28.1 Å². The summed E-state index contributed by atoms with van der Waals surface area (Å²) in [6, 6.07) is 5.81. The van der Waals surface area contributed by atoms with Gasteiger partial charge >= 0.3 is 0 Å². The lowest BCUT2D eigenvalue weighted by atomic mass is 10.1. The summed E-state index contributed by atoms with van der Waals surface area (Å²) >= 11 is 1.62. The van der Waals surface area contributed by atoms with Gasteiger partial charge in [0.25, 0.3) is 5.89 Å². The van der Waals surface area contributed by atoms with Crippen LogP contribution in [0.5, 0.6) is 5.75 Å². The first kappa shape index (κ1) is 23.9. The van der Waals surface area contributed by atoms with Crippen LogP contribution in [-0.2, 0) is 11.3 Å². The number of aryl methyl sites for hydroxylation is 3. The van der Waals surface area contributed by atoms with Crippen molar-refractivity contribution in [3.63, 3.8) is 0 Å². The highest BCUT2D eigenvalue weighted by atomic mass is 32.1. The van der Waals surface area contributed by atoms with Gasteiger partial charge in [-0.15, -0.1) is 11.3 Å². The number of primary amides is 1. The van der Waals surface area contributed by atoms with E-state index in [1.54, 1.807) is 11.3 Å². The third kappa shape index (κ3) is 5.52. The Morgan fingerprint density at radius 1 is 1.22 bits per heavy atom. The molecule has 3 aromatic rings. The van der Waals surface area contributed by atoms with Crippen molar-refractivity contribution in [2.75, 3.05) is 13.7 Å². The molecule has 1 unspecified atom stereocenters. The Bertz CT molecular complexity index is 1070. The third-order valence-electron chi connectivity index (χ3n) is 4.96. The summed E-state index contributed by atoms with van der Waals surface area (Å²) in [6.45, 7) is 6.52. The Hall–Kier alpha value is -2.79. The predicted molar refractivity (Wildman–Crippen MR) is 121 cm³/mol. The zero-order valence-corrected chi connectivity index (χ0v) is 19.3. The molecule has 5 N–H and O–H groups in total. The van der Waals surface area contributed by atoms with E-state index in [1.807, 2.05) is 39.1 Å². The number of rotatable bonds is 10. The van der Waals surface area contributed by atoms with E-state index in [9.17, 15) is 15.0 Å². The van der Waals surface area contributed by atoms with E-state index in [1.165, 1.54) is 10.4 Å². The van der Waals surface area contributed by atoms with E-state index in [0.29, 0.717) is 17.5 Å². The van der Waals surface area contributed by atoms with Crippen molar-refractivity contribution in [3.8, 4) is 27.9 Å². The molecule has 0 bridgehead atoms. The first-order valence-corrected chi connectivity index (χ1v) is 11.0. The average molecular weight is 461 g/mol. The van der Waals surface area contributed by atoms with Crippen LogP contribution < -0.4 is 15.8 Å². The number of thiophene rings is 1. The molecule has 1 aromatic carbocycles. The number of amides is 1. The summed E-state index contributed by atoms with van der Waals surface area (Å²) < 4.78 is 11.2. The number of aliphatic hydroxyl groups is 2. The van der Waals surface area contributed by atoms with Gasteiger partial charge in [0, 0.05) is 23.4 Å². The maximum atomic E-state index is 10.9. The summed E-state index contributed by atoms with van der Waals surface area (Å²) in [5.74, 6) is 0.678. The number of aliphatic hydroxyl groups excluding tert-OH is 2. The highest BCUT2D eigenvalue weighted by Gasteiger charge is 2.19. The number of benzene rings is 1. The van der Waals surface area contributed by atoms with Crippen molar-refractivity contribution in [2.24, 2.45) is 5.73 Å². The molecular weight excluding hydrogens is 432 g/mol. The number of ether oxygens (including phenoxy) is 1. The van der Waals surface area contributed by atoms with Crippen LogP contribution in [0, 0.1) is 20.8 Å². The zero-order valence-electron chi connectivity index (χ0n) is 18.5. The number of nitrogens with two attached hydrogens (primary N) is 1. The number of aromatic nitrogens is 2. The summed E-state index contributed by atoms with van der Waals surface area (Å²) in [6.07, 6.45) is -2.63. The molecule has 10 heteroatoms. The quantitative estimate of drug-likeness (QED) is 0.360. The summed E-state index contributed by atoms with van der Waals surface area (Å²) in [7, 11) is 1.91. The van der Waals surface area contributed by atoms with Crippen LogP contribution >= 0.6 is 11.3 Å². The fourth-order valence-electron chi connectivity index (χ4n) is 3.33. The number of carbonyl (C=O) groups is 1. The largest absolute Gasteiger partial charge is 0.490 e. The molecule has 0 spiro atoms. The first-order valence-electron chi connectivity index (χ1n) is 10.2. The SMILES string of the molecule is CNCc1sc(-c2nc(-c3cc(C)c(OC[C@@H](O)CC(O)C(N)=O)c(C)c3)no2)cc1C. The van der Waals surface area contributed by atoms with Crippen LogP contribution in [-0.4, -0.2) is 52.1 Å². The predicted octanol–water partition coefficient (Wildman–Crippen LogP) is 2.09. The van der Waals surface area contributed by atoms with Gasteiger partial charge in [-0.05, 0) is 62.7 Å². The van der Waals surface area contributed by atoms with Crippen LogP contribution in [0.1, 0.15) is 28.0 Å². The van der Waals surface area contributed by atoms with Crippen molar-refractivity contribution in [3.05, 3.63) is 39.8 Å². The van der Waals surface area contributed by atoms with Crippen molar-refractivity contribution in [1.82, 2.24) is 15.5 Å². The fourth-order valence-corrected chi connectivity index (χ4v) is 4.44. The molecule has 2 aromatic heterocycles. The highest BCUT2D eigenvalue weighted by Crippen LogP contribution is 2.33. The minimum atomic E-state index is -1.41. The maximum absolute atomic E-state index is 10.9. The van der Waals surface area contributed by atoms with Crippen LogP contribution in [0.25, 0.3) is 22.2 Å². The van der Waals surface area contributed by atoms with E-state index in [2.05, 4.69) is 22.4 Å². The molecule has 2 heterocycles. The molecule has 0 aliphatic carbocycles. The van der Waals surface area contributed by atoms with Gasteiger partial charge in [-0.1, -0.05) is 5.16 Å². The van der Waals surface area contributed by atoms with Crippen molar-refractivity contribution in [2.45, 2.75) is 45.9 Å². The minimum absolute atomic E-state index is 0.0790. The number of hydrogen-bond donors (Lipinski definition) is 4. The lowest BCUT2D eigenvalue weighted by Crippen LogP contribution is -2.33. The Morgan fingerprint density at radius 2 is 1.91 bits per heavy atom. The number of carbonyl (C=O) groups excluding carboxylic acids is 1. The molecule has 2 atom stereocenters. The topological polar surface area (TPSA) is 144 Å². The minimum Gasteiger partial charge on any atom is -0.490 e. The smallest absolute Gasteiger partial charge is 0.268 e. The van der Waals surface area contributed by atoms with Crippen LogP contribution in [0.2, 0.25) is 0 Å². The van der Waals surface area contributed by atoms with Gasteiger partial charge in [0.15, 0.2) is 0 Å². The monoisotopic (exact) mass is 460 g/mol. The van der Waals surface area contributed by atoms with Crippen molar-refractivity contribution < 1.29 is 24.3 Å². The Morgan fingerprint density at radius 3 is 2.53 bits per heavy atom. The number of hydrogen-bond acceptors (Lipinski definition) is 9. The molecule has 1 amide bonds. The lowest BCUT2D eigenvalue weighted by molar-refractivity contribution is -0.127. The molecule has 9 nitrogen and oxygen atoms in total. The number of nitrogens with one attached hydrogen (secondary N) is 1. The van der Waals surface area contributed by atoms with E-state index in [4.69, 9.17) is 15.0 Å². The summed E-state index contributed by atoms with van der Waals surface area (Å²) in [4.78, 5) is 17.6. The lowest BCUT2D eigenvalue weighted by Gasteiger charge is -2.17. The Balaban J connectivity index is 1.74. The van der Waals surface area contributed by atoms with Gasteiger partial charge in [0.2, 0.25) is 11.7 Å². The molecule has 0 saturated heterocycles. The fraction of sp³-hybridized carbons (Fsp3) is 0.409. The van der Waals surface area contributed by atoms with E-state index < -0.39 is 18.1 Å². The molecule has 0 radical (unpaired) electrons. The molecule has 0 fully saturated rings. The normalized spacial score (nSPS) is 13.2. The molecule has 0 saturated carbocycles. The molecule has 0 aliphatic rings. The van der Waals surface area contributed by atoms with E-state index in [-0.39, 0.29) is 13.0 Å². The average Bonchev–Trinajstić information content (AvgIpc) is 3.35. The van der Waals surface area contributed by atoms with Crippen LogP contribution in [0.15, 0.2) is 22.7 Å². The molecule has 3 rings (SSSR count). The van der Waals surface area contributed by atoms with E-state index >= 15 is 0 Å². The molecule has 0 aliphatic heterocycles. The first-order chi connectivity index (χ1) is 15.2. The Labute approximate surface area is 190 Å². The zero-order chi connectivity index (χ0) is 23.4. The van der Waals surface area contributed by atoms with Gasteiger partial charge in [0.05, 0.1) is 11.0 Å². The van der Waals surface area contributed by atoms with Gasteiger partial charge in [-0.2, -0.15) is 4.98 Å². The molecule has 172 valence electrons. The van der Waals surface area contributed by atoms with Crippen LogP contribution in [0.4, 0.5) is 0 Å². The second kappa shape index (κ2) is 10.2. The summed E-state index contributed by atoms with van der Waals surface area (Å²) in [5.41, 5.74) is 8.64. The molecular formula is C22H28N4O5S. The van der Waals surface area contributed by atoms with Crippen molar-refractivity contribution in [1.29, 1.82) is 0 Å². The molecule has 32 heavy (non-hydrogen) atoms. The second-order valence-corrected chi connectivity index (χ2v) is 8.86. The van der Waals surface area contributed by atoms with Gasteiger partial charge in [-0.3, -0.25) is 4.79 Å². The van der Waals surface area contributed by atoms with Crippen LogP contribution in [0.3, 0.4) is 0 Å².